The van der Waals surface area contributed by atoms with Crippen molar-refractivity contribution in [2.45, 2.75) is 230 Å². The van der Waals surface area contributed by atoms with Gasteiger partial charge in [0.2, 0.25) is 5.91 Å². The van der Waals surface area contributed by atoms with Crippen LogP contribution >= 0.6 is 0 Å². The highest BCUT2D eigenvalue weighted by molar-refractivity contribution is 7.80. The molecule has 1 saturated heterocycles. The van der Waals surface area contributed by atoms with Crippen molar-refractivity contribution < 1.29 is 51.8 Å². The summed E-state index contributed by atoms with van der Waals surface area (Å²) < 4.78 is 47.4. The molecule has 12 nitrogen and oxygen atoms in total. The van der Waals surface area contributed by atoms with Crippen LogP contribution < -0.4 is 5.32 Å². The van der Waals surface area contributed by atoms with E-state index in [9.17, 15) is 33.6 Å². The molecule has 6 N–H and O–H groups in total. The summed E-state index contributed by atoms with van der Waals surface area (Å²) in [6.07, 6.45) is 21.2. The van der Waals surface area contributed by atoms with Crippen LogP contribution in [0.2, 0.25) is 0 Å². The minimum absolute atomic E-state index is 0.232. The Balaban J connectivity index is 2.53. The van der Waals surface area contributed by atoms with Crippen LogP contribution in [0.3, 0.4) is 0 Å². The highest BCUT2D eigenvalue weighted by Gasteiger charge is 2.48. The van der Waals surface area contributed by atoms with Gasteiger partial charge in [-0.2, -0.15) is 8.42 Å². The fraction of sp³-hybridized carbons (Fsp3) is 0.974. The van der Waals surface area contributed by atoms with Crippen molar-refractivity contribution in [3.05, 3.63) is 0 Å². The maximum atomic E-state index is 12.9. The molecule has 1 rings (SSSR count). The largest absolute Gasteiger partial charge is 0.397 e. The summed E-state index contributed by atoms with van der Waals surface area (Å²) in [7, 11) is -5.07. The summed E-state index contributed by atoms with van der Waals surface area (Å²) >= 11 is 0. The van der Waals surface area contributed by atoms with E-state index in [0.29, 0.717) is 12.8 Å². The van der Waals surface area contributed by atoms with Gasteiger partial charge >= 0.3 is 10.4 Å². The quantitative estimate of drug-likeness (QED) is 0.0286. The van der Waals surface area contributed by atoms with Crippen LogP contribution in [-0.2, 0) is 28.9 Å². The highest BCUT2D eigenvalue weighted by Crippen LogP contribution is 2.26. The molecule has 0 aromatic rings. The molecule has 0 spiro atoms. The van der Waals surface area contributed by atoms with Gasteiger partial charge in [-0.25, -0.2) is 4.18 Å². The predicted molar refractivity (Wildman–Crippen MR) is 204 cm³/mol. The van der Waals surface area contributed by atoms with Crippen molar-refractivity contribution in [1.82, 2.24) is 5.32 Å². The van der Waals surface area contributed by atoms with E-state index >= 15 is 0 Å². The molecule has 7 atom stereocenters. The third-order valence-corrected chi connectivity index (χ3v) is 10.6. The summed E-state index contributed by atoms with van der Waals surface area (Å²) in [6, 6.07) is -0.849. The highest BCUT2D eigenvalue weighted by atomic mass is 32.3. The Morgan fingerprint density at radius 3 is 1.54 bits per heavy atom. The normalized spacial score (nSPS) is 22.0. The summed E-state index contributed by atoms with van der Waals surface area (Å²) in [5.41, 5.74) is 0. The minimum atomic E-state index is -5.07. The molecule has 1 heterocycles. The van der Waals surface area contributed by atoms with Gasteiger partial charge in [-0.3, -0.25) is 9.35 Å². The van der Waals surface area contributed by atoms with Crippen molar-refractivity contribution in [2.24, 2.45) is 0 Å². The molecular formula is C39H77NO11S. The molecule has 0 aliphatic carbocycles. The number of hydrogen-bond acceptors (Lipinski definition) is 10. The minimum Gasteiger partial charge on any atom is -0.394 e. The van der Waals surface area contributed by atoms with E-state index in [1.54, 1.807) is 0 Å². The Labute approximate surface area is 316 Å². The van der Waals surface area contributed by atoms with Crippen LogP contribution in [0, 0.1) is 0 Å². The fourth-order valence-corrected chi connectivity index (χ4v) is 7.38. The number of ether oxygens (including phenoxy) is 2. The van der Waals surface area contributed by atoms with Crippen LogP contribution in [0.25, 0.3) is 0 Å². The van der Waals surface area contributed by atoms with E-state index in [-0.39, 0.29) is 12.5 Å². The number of carbonyl (C=O) groups is 1. The maximum Gasteiger partial charge on any atom is 0.397 e. The Bertz CT molecular complexity index is 957. The SMILES string of the molecule is CCCCCCCCCCCCCCCCCCC(O)C(COC1OC(CO)C(O)C(OS(=O)(=O)O)C1O)NC(=O)CCCCCCCCCCC. The van der Waals surface area contributed by atoms with Crippen LogP contribution in [0.1, 0.15) is 187 Å². The average Bonchev–Trinajstić information content (AvgIpc) is 3.11. The van der Waals surface area contributed by atoms with Crippen LogP contribution in [0.15, 0.2) is 0 Å². The molecule has 1 amide bonds. The van der Waals surface area contributed by atoms with Crippen molar-refractivity contribution in [1.29, 1.82) is 0 Å². The second-order valence-electron chi connectivity index (χ2n) is 14.9. The lowest BCUT2D eigenvalue weighted by Crippen LogP contribution is -2.61. The molecule has 1 aliphatic rings. The lowest BCUT2D eigenvalue weighted by molar-refractivity contribution is -0.298. The van der Waals surface area contributed by atoms with Gasteiger partial charge in [0.15, 0.2) is 6.29 Å². The summed E-state index contributed by atoms with van der Waals surface area (Å²) in [6.45, 7) is 3.41. The molecule has 1 aliphatic heterocycles. The van der Waals surface area contributed by atoms with E-state index in [2.05, 4.69) is 23.3 Å². The van der Waals surface area contributed by atoms with E-state index in [4.69, 9.17) is 14.0 Å². The zero-order valence-corrected chi connectivity index (χ0v) is 33.5. The van der Waals surface area contributed by atoms with Crippen molar-refractivity contribution in [3.63, 3.8) is 0 Å². The molecule has 310 valence electrons. The molecule has 13 heteroatoms. The van der Waals surface area contributed by atoms with Crippen molar-refractivity contribution >= 4 is 16.3 Å². The first-order valence-corrected chi connectivity index (χ1v) is 22.3. The lowest BCUT2D eigenvalue weighted by atomic mass is 9.99. The molecule has 0 saturated carbocycles. The number of hydrogen-bond donors (Lipinski definition) is 6. The Hall–Kier alpha value is -0.900. The zero-order valence-electron chi connectivity index (χ0n) is 32.6. The molecule has 7 unspecified atom stereocenters. The van der Waals surface area contributed by atoms with Gasteiger partial charge in [0.25, 0.3) is 0 Å². The Morgan fingerprint density at radius 2 is 1.12 bits per heavy atom. The van der Waals surface area contributed by atoms with Gasteiger partial charge in [0, 0.05) is 6.42 Å². The molecule has 52 heavy (non-hydrogen) atoms. The summed E-state index contributed by atoms with van der Waals surface area (Å²) in [4.78, 5) is 12.9. The van der Waals surface area contributed by atoms with Crippen molar-refractivity contribution in [3.8, 4) is 0 Å². The van der Waals surface area contributed by atoms with E-state index in [1.807, 2.05) is 0 Å². The van der Waals surface area contributed by atoms with Crippen LogP contribution in [0.4, 0.5) is 0 Å². The maximum absolute atomic E-state index is 12.9. The number of carbonyl (C=O) groups excluding carboxylic acids is 1. The second-order valence-corrected chi connectivity index (χ2v) is 16.0. The van der Waals surface area contributed by atoms with Gasteiger partial charge < -0.3 is 35.2 Å². The summed E-state index contributed by atoms with van der Waals surface area (Å²) in [5, 5.41) is 44.6. The smallest absolute Gasteiger partial charge is 0.394 e. The lowest BCUT2D eigenvalue weighted by Gasteiger charge is -2.41. The van der Waals surface area contributed by atoms with Crippen molar-refractivity contribution in [2.75, 3.05) is 13.2 Å². The molecule has 0 aromatic carbocycles. The topological polar surface area (TPSA) is 192 Å². The first kappa shape index (κ1) is 49.1. The molecule has 0 radical (unpaired) electrons. The standard InChI is InChI=1S/C39H77NO11S/c1-3-5-7-9-11-13-14-15-16-17-18-19-21-22-24-26-28-33(42)32(40-35(43)29-27-25-23-20-12-10-8-6-4-2)31-49-39-37(45)38(51-52(46,47)48)36(44)34(30-41)50-39/h32-34,36-39,41-42,44-45H,3-31H2,1-2H3,(H,40,43)(H,46,47,48). The first-order chi connectivity index (χ1) is 25.0. The van der Waals surface area contributed by atoms with Gasteiger partial charge in [0.05, 0.1) is 25.4 Å². The monoisotopic (exact) mass is 768 g/mol. The predicted octanol–water partition coefficient (Wildman–Crippen LogP) is 7.05. The average molecular weight is 768 g/mol. The van der Waals surface area contributed by atoms with Crippen LogP contribution in [0.5, 0.6) is 0 Å². The van der Waals surface area contributed by atoms with Crippen LogP contribution in [-0.4, -0.2) is 95.4 Å². The van der Waals surface area contributed by atoms with E-state index in [0.717, 1.165) is 51.4 Å². The third-order valence-electron chi connectivity index (χ3n) is 10.2. The number of unbranched alkanes of at least 4 members (excludes halogenated alkanes) is 23. The molecule has 1 fully saturated rings. The van der Waals surface area contributed by atoms with Gasteiger partial charge in [0.1, 0.15) is 24.4 Å². The van der Waals surface area contributed by atoms with E-state index < -0.39 is 59.9 Å². The number of amides is 1. The number of nitrogens with one attached hydrogen (secondary N) is 1. The number of aliphatic hydroxyl groups is 4. The summed E-state index contributed by atoms with van der Waals surface area (Å²) in [5.74, 6) is -0.232. The fourth-order valence-electron chi connectivity index (χ4n) is 6.87. The number of rotatable bonds is 35. The van der Waals surface area contributed by atoms with Gasteiger partial charge in [-0.05, 0) is 12.8 Å². The number of aliphatic hydroxyl groups excluding tert-OH is 4. The zero-order chi connectivity index (χ0) is 38.5. The molecule has 0 bridgehead atoms. The molecule has 0 aromatic heterocycles. The van der Waals surface area contributed by atoms with E-state index in [1.165, 1.54) is 109 Å². The molecular weight excluding hydrogens is 690 g/mol. The Kier molecular flexibility index (Phi) is 29.6. The second kappa shape index (κ2) is 31.3. The van der Waals surface area contributed by atoms with Gasteiger partial charge in [-0.15, -0.1) is 0 Å². The third kappa shape index (κ3) is 24.5. The first-order valence-electron chi connectivity index (χ1n) is 20.9. The Morgan fingerprint density at radius 1 is 0.692 bits per heavy atom. The van der Waals surface area contributed by atoms with Gasteiger partial charge in [-0.1, -0.05) is 168 Å².